The van der Waals surface area contributed by atoms with Crippen LogP contribution in [0.2, 0.25) is 5.02 Å². The molecule has 0 bridgehead atoms. The van der Waals surface area contributed by atoms with Crippen LogP contribution < -0.4 is 10.6 Å². The molecule has 1 aromatic rings. The zero-order valence-corrected chi connectivity index (χ0v) is 11.6. The first-order valence-electron chi connectivity index (χ1n) is 5.96. The highest BCUT2D eigenvalue weighted by atomic mass is 35.5. The summed E-state index contributed by atoms with van der Waals surface area (Å²) in [5.74, 6) is 0. The molecule has 3 heteroatoms. The highest BCUT2D eigenvalue weighted by Gasteiger charge is 2.08. The third-order valence-electron chi connectivity index (χ3n) is 2.69. The van der Waals surface area contributed by atoms with Crippen LogP contribution >= 0.6 is 11.6 Å². The Hall–Kier alpha value is -0.990. The van der Waals surface area contributed by atoms with E-state index < -0.39 is 0 Å². The standard InChI is InChI=1S/C14H21ClN2/c1-4-5-6-11(10-16)13-9-12(15)7-8-14(13)17(2)3/h6-9H,4-5,10,16H2,1-3H3/b11-6-. The lowest BCUT2D eigenvalue weighted by atomic mass is 10.0. The van der Waals surface area contributed by atoms with Crippen molar-refractivity contribution in [1.29, 1.82) is 0 Å². The third kappa shape index (κ3) is 3.76. The summed E-state index contributed by atoms with van der Waals surface area (Å²) in [6.07, 6.45) is 4.38. The Morgan fingerprint density at radius 1 is 1.41 bits per heavy atom. The van der Waals surface area contributed by atoms with Gasteiger partial charge in [0.2, 0.25) is 0 Å². The highest BCUT2D eigenvalue weighted by molar-refractivity contribution is 6.30. The summed E-state index contributed by atoms with van der Waals surface area (Å²) in [6, 6.07) is 5.94. The monoisotopic (exact) mass is 252 g/mol. The lowest BCUT2D eigenvalue weighted by Gasteiger charge is -2.19. The largest absolute Gasteiger partial charge is 0.377 e. The molecule has 1 aromatic carbocycles. The topological polar surface area (TPSA) is 29.3 Å². The first-order valence-corrected chi connectivity index (χ1v) is 6.34. The summed E-state index contributed by atoms with van der Waals surface area (Å²) in [7, 11) is 4.06. The van der Waals surface area contributed by atoms with E-state index in [2.05, 4.69) is 17.9 Å². The molecule has 94 valence electrons. The molecule has 0 radical (unpaired) electrons. The zero-order valence-electron chi connectivity index (χ0n) is 10.8. The molecule has 0 saturated heterocycles. The van der Waals surface area contributed by atoms with Gasteiger partial charge in [-0.05, 0) is 30.2 Å². The minimum atomic E-state index is 0.543. The van der Waals surface area contributed by atoms with E-state index in [1.807, 2.05) is 32.3 Å². The fourth-order valence-electron chi connectivity index (χ4n) is 1.78. The van der Waals surface area contributed by atoms with Gasteiger partial charge in [-0.15, -0.1) is 0 Å². The van der Waals surface area contributed by atoms with Crippen molar-refractivity contribution in [1.82, 2.24) is 0 Å². The Labute approximate surface area is 109 Å². The molecule has 0 atom stereocenters. The van der Waals surface area contributed by atoms with Gasteiger partial charge in [0.1, 0.15) is 0 Å². The molecule has 0 heterocycles. The summed E-state index contributed by atoms with van der Waals surface area (Å²) in [4.78, 5) is 2.08. The van der Waals surface area contributed by atoms with Crippen LogP contribution in [0.4, 0.5) is 5.69 Å². The molecule has 0 fully saturated rings. The van der Waals surface area contributed by atoms with Crippen molar-refractivity contribution in [3.63, 3.8) is 0 Å². The molecule has 0 aliphatic rings. The van der Waals surface area contributed by atoms with E-state index >= 15 is 0 Å². The number of anilines is 1. The lowest BCUT2D eigenvalue weighted by Crippen LogP contribution is -2.13. The van der Waals surface area contributed by atoms with Crippen LogP contribution in [-0.2, 0) is 0 Å². The Kier molecular flexibility index (Phi) is 5.52. The van der Waals surface area contributed by atoms with Gasteiger partial charge in [0.05, 0.1) is 0 Å². The van der Waals surface area contributed by atoms with E-state index in [1.165, 1.54) is 0 Å². The molecular weight excluding hydrogens is 232 g/mol. The molecule has 0 unspecified atom stereocenters. The predicted molar refractivity (Wildman–Crippen MR) is 77.7 cm³/mol. The molecule has 0 spiro atoms. The summed E-state index contributed by atoms with van der Waals surface area (Å²) < 4.78 is 0. The average molecular weight is 253 g/mol. The summed E-state index contributed by atoms with van der Waals surface area (Å²) >= 11 is 6.07. The number of hydrogen-bond acceptors (Lipinski definition) is 2. The van der Waals surface area contributed by atoms with E-state index in [0.29, 0.717) is 6.54 Å². The Morgan fingerprint density at radius 3 is 2.65 bits per heavy atom. The van der Waals surface area contributed by atoms with Gasteiger partial charge in [-0.2, -0.15) is 0 Å². The van der Waals surface area contributed by atoms with Crippen LogP contribution in [-0.4, -0.2) is 20.6 Å². The number of halogens is 1. The fraction of sp³-hybridized carbons (Fsp3) is 0.429. The molecule has 2 nitrogen and oxygen atoms in total. The Bertz CT molecular complexity index is 397. The first-order chi connectivity index (χ1) is 8.10. The van der Waals surface area contributed by atoms with E-state index in [4.69, 9.17) is 17.3 Å². The van der Waals surface area contributed by atoms with Crippen LogP contribution in [0.5, 0.6) is 0 Å². The Morgan fingerprint density at radius 2 is 2.12 bits per heavy atom. The number of rotatable bonds is 5. The molecule has 1 rings (SSSR count). The van der Waals surface area contributed by atoms with Crippen molar-refractivity contribution in [3.8, 4) is 0 Å². The van der Waals surface area contributed by atoms with Crippen molar-refractivity contribution in [2.75, 3.05) is 25.5 Å². The second-order valence-corrected chi connectivity index (χ2v) is 4.71. The quantitative estimate of drug-likeness (QED) is 0.869. The van der Waals surface area contributed by atoms with Crippen molar-refractivity contribution in [2.45, 2.75) is 19.8 Å². The van der Waals surface area contributed by atoms with Crippen LogP contribution in [0.25, 0.3) is 5.57 Å². The smallest absolute Gasteiger partial charge is 0.0438 e. The first kappa shape index (κ1) is 14.1. The molecule has 0 saturated carbocycles. The third-order valence-corrected chi connectivity index (χ3v) is 2.92. The van der Waals surface area contributed by atoms with Gasteiger partial charge >= 0.3 is 0 Å². The van der Waals surface area contributed by atoms with Crippen LogP contribution in [0.15, 0.2) is 24.3 Å². The summed E-state index contributed by atoms with van der Waals surface area (Å²) in [5, 5.41) is 0.751. The maximum atomic E-state index is 6.07. The molecule has 2 N–H and O–H groups in total. The highest BCUT2D eigenvalue weighted by Crippen LogP contribution is 2.29. The predicted octanol–water partition coefficient (Wildman–Crippen LogP) is 3.55. The number of nitrogens with zero attached hydrogens (tertiary/aromatic N) is 1. The number of hydrogen-bond donors (Lipinski definition) is 1. The number of unbranched alkanes of at least 4 members (excludes halogenated alkanes) is 1. The Balaban J connectivity index is 3.20. The average Bonchev–Trinajstić information content (AvgIpc) is 2.29. The molecule has 0 amide bonds. The van der Waals surface area contributed by atoms with Gasteiger partial charge in [-0.3, -0.25) is 0 Å². The fourth-order valence-corrected chi connectivity index (χ4v) is 1.95. The number of allylic oxidation sites excluding steroid dienone is 1. The molecular formula is C14H21ClN2. The van der Waals surface area contributed by atoms with Gasteiger partial charge in [0, 0.05) is 36.9 Å². The van der Waals surface area contributed by atoms with E-state index in [1.54, 1.807) is 0 Å². The minimum Gasteiger partial charge on any atom is -0.377 e. The van der Waals surface area contributed by atoms with Crippen LogP contribution in [0.1, 0.15) is 25.3 Å². The summed E-state index contributed by atoms with van der Waals surface area (Å²) in [5.41, 5.74) is 9.29. The van der Waals surface area contributed by atoms with Gasteiger partial charge < -0.3 is 10.6 Å². The van der Waals surface area contributed by atoms with Crippen LogP contribution in [0.3, 0.4) is 0 Å². The van der Waals surface area contributed by atoms with Gasteiger partial charge in [0.15, 0.2) is 0 Å². The van der Waals surface area contributed by atoms with Crippen molar-refractivity contribution >= 4 is 22.9 Å². The zero-order chi connectivity index (χ0) is 12.8. The van der Waals surface area contributed by atoms with Gasteiger partial charge in [-0.1, -0.05) is 31.0 Å². The van der Waals surface area contributed by atoms with Crippen molar-refractivity contribution in [2.24, 2.45) is 5.73 Å². The van der Waals surface area contributed by atoms with Crippen molar-refractivity contribution < 1.29 is 0 Å². The van der Waals surface area contributed by atoms with E-state index in [9.17, 15) is 0 Å². The maximum absolute atomic E-state index is 6.07. The molecule has 0 aromatic heterocycles. The van der Waals surface area contributed by atoms with Gasteiger partial charge in [0.25, 0.3) is 0 Å². The van der Waals surface area contributed by atoms with Crippen LogP contribution in [0, 0.1) is 0 Å². The lowest BCUT2D eigenvalue weighted by molar-refractivity contribution is 0.956. The van der Waals surface area contributed by atoms with Crippen molar-refractivity contribution in [3.05, 3.63) is 34.9 Å². The molecule has 0 aliphatic carbocycles. The second-order valence-electron chi connectivity index (χ2n) is 4.28. The molecule has 17 heavy (non-hydrogen) atoms. The second kappa shape index (κ2) is 6.67. The van der Waals surface area contributed by atoms with E-state index in [0.717, 1.165) is 34.7 Å². The SMILES string of the molecule is CCC/C=C(/CN)c1cc(Cl)ccc1N(C)C. The van der Waals surface area contributed by atoms with E-state index in [-0.39, 0.29) is 0 Å². The normalized spacial score (nSPS) is 11.7. The number of benzene rings is 1. The maximum Gasteiger partial charge on any atom is 0.0438 e. The van der Waals surface area contributed by atoms with Gasteiger partial charge in [-0.25, -0.2) is 0 Å². The molecule has 0 aliphatic heterocycles. The minimum absolute atomic E-state index is 0.543. The number of nitrogens with two attached hydrogens (primary N) is 1. The summed E-state index contributed by atoms with van der Waals surface area (Å²) in [6.45, 7) is 2.71.